The molecule has 1 aliphatic rings. The summed E-state index contributed by atoms with van der Waals surface area (Å²) in [4.78, 5) is 176. The van der Waals surface area contributed by atoms with E-state index in [4.69, 9.17) is 21.9 Å². The molecule has 11 amide bonds. The number of oxazole rings is 1. The van der Waals surface area contributed by atoms with E-state index in [2.05, 4.69) is 68.7 Å². The maximum atomic E-state index is 15.2. The molecule has 100 heavy (non-hydrogen) atoms. The molecular weight excluding hydrogens is 1310 g/mol. The van der Waals surface area contributed by atoms with Gasteiger partial charge in [0.25, 0.3) is 14.2 Å². The van der Waals surface area contributed by atoms with E-state index in [1.54, 1.807) is 85.7 Å². The number of hydrogen-bond donors (Lipinski definition) is 14. The Balaban J connectivity index is 1.63. The van der Waals surface area contributed by atoms with E-state index in [0.717, 1.165) is 6.26 Å². The highest BCUT2D eigenvalue weighted by Gasteiger charge is 2.50. The van der Waals surface area contributed by atoms with Gasteiger partial charge in [-0.25, -0.2) is 14.6 Å². The van der Waals surface area contributed by atoms with Gasteiger partial charge in [-0.15, -0.1) is 0 Å². The van der Waals surface area contributed by atoms with Crippen LogP contribution < -0.4 is 74.1 Å². The molecule has 0 bridgehead atoms. The normalized spacial score (nSPS) is 20.5. The van der Waals surface area contributed by atoms with Crippen molar-refractivity contribution in [3.05, 3.63) is 114 Å². The molecule has 4 aromatic rings. The summed E-state index contributed by atoms with van der Waals surface area (Å²) in [7, 11) is 2.01. The van der Waals surface area contributed by atoms with Crippen molar-refractivity contribution in [3.63, 3.8) is 0 Å². The van der Waals surface area contributed by atoms with Crippen LogP contribution in [0, 0.1) is 12.8 Å². The van der Waals surface area contributed by atoms with Gasteiger partial charge in [0.15, 0.2) is 19.6 Å². The average Bonchev–Trinajstić information content (AvgIpc) is 0.836. The molecule has 0 aliphatic carbocycles. The van der Waals surface area contributed by atoms with E-state index < -0.39 is 157 Å². The highest BCUT2D eigenvalue weighted by Crippen LogP contribution is 2.40. The van der Waals surface area contributed by atoms with Gasteiger partial charge in [0.2, 0.25) is 47.3 Å². The maximum Gasteiger partial charge on any atom is 0.407 e. The van der Waals surface area contributed by atoms with E-state index in [1.807, 2.05) is 74.5 Å². The highest BCUT2D eigenvalue weighted by atomic mass is 28.4. The smallest absolute Gasteiger partial charge is 0.407 e. The number of amides is 11. The van der Waals surface area contributed by atoms with Crippen molar-refractivity contribution in [3.8, 4) is 0 Å². The molecule has 0 unspecified atom stereocenters. The molecule has 5 rings (SSSR count). The molecule has 1 saturated heterocycles. The van der Waals surface area contributed by atoms with E-state index >= 15 is 9.59 Å². The van der Waals surface area contributed by atoms with Crippen LogP contribution in [-0.2, 0) is 54.3 Å². The summed E-state index contributed by atoms with van der Waals surface area (Å²) in [6.07, 6.45) is -4.03. The molecule has 1 aromatic heterocycles. The van der Waals surface area contributed by atoms with Crippen LogP contribution in [0.1, 0.15) is 143 Å². The van der Waals surface area contributed by atoms with Gasteiger partial charge < -0.3 is 87.5 Å². The topological polar surface area (TPSA) is 417 Å². The second kappa shape index (κ2) is 37.8. The number of rotatable bonds is 24. The minimum atomic E-state index is -3.75. The molecule has 29 nitrogen and oxygen atoms in total. The number of aliphatic hydroxyl groups is 1. The van der Waals surface area contributed by atoms with Crippen LogP contribution in [0.3, 0.4) is 0 Å². The Morgan fingerprint density at radius 3 is 1.55 bits per heavy atom. The second-order valence-corrected chi connectivity index (χ2v) is 31.7. The first-order valence-corrected chi connectivity index (χ1v) is 35.5. The molecule has 3 aromatic carbocycles. The van der Waals surface area contributed by atoms with Crippen molar-refractivity contribution < 1.29 is 76.5 Å². The molecule has 14 N–H and O–H groups in total. The first-order valence-electron chi connectivity index (χ1n) is 33.6. The van der Waals surface area contributed by atoms with Gasteiger partial charge in [-0.05, 0) is 127 Å². The van der Waals surface area contributed by atoms with Crippen LogP contribution >= 0.6 is 0 Å². The van der Waals surface area contributed by atoms with Crippen LogP contribution in [0.5, 0.6) is 0 Å². The summed E-state index contributed by atoms with van der Waals surface area (Å²) in [5.74, 6) is -8.78. The molecule has 1 fully saturated rings. The Morgan fingerprint density at radius 2 is 1.08 bits per heavy atom. The number of carbonyl (C=O) groups excluding carboxylic acids is 11. The van der Waals surface area contributed by atoms with Gasteiger partial charge in [0, 0.05) is 33.0 Å². The van der Waals surface area contributed by atoms with E-state index in [-0.39, 0.29) is 82.1 Å². The second-order valence-electron chi connectivity index (χ2n) is 27.8. The largest absolute Gasteiger partial charge is 0.448 e. The lowest BCUT2D eigenvalue weighted by Crippen LogP contribution is -2.65. The summed E-state index contributed by atoms with van der Waals surface area (Å²) in [5, 5.41) is 43.0. The first-order chi connectivity index (χ1) is 47.0. The van der Waals surface area contributed by atoms with Crippen LogP contribution in [0.2, 0.25) is 5.04 Å². The zero-order valence-corrected chi connectivity index (χ0v) is 60.1. The predicted molar refractivity (Wildman–Crippen MR) is 374 cm³/mol. The van der Waals surface area contributed by atoms with Crippen molar-refractivity contribution in [2.24, 2.45) is 5.92 Å². The number of carbonyl (C=O) groups is 11. The van der Waals surface area contributed by atoms with Gasteiger partial charge in [-0.1, -0.05) is 119 Å². The van der Waals surface area contributed by atoms with Crippen molar-refractivity contribution in [1.82, 2.24) is 68.7 Å². The van der Waals surface area contributed by atoms with Gasteiger partial charge in [-0.2, -0.15) is 0 Å². The fourth-order valence-electron chi connectivity index (χ4n) is 11.0. The maximum absolute atomic E-state index is 15.2. The number of aryl methyl sites for hydroxylation is 1. The lowest BCUT2D eigenvalue weighted by molar-refractivity contribution is -0.136. The van der Waals surface area contributed by atoms with Crippen molar-refractivity contribution in [1.29, 1.82) is 0 Å². The number of aliphatic hydroxyl groups excluding tert-OH is 1. The van der Waals surface area contributed by atoms with Crippen LogP contribution in [0.25, 0.3) is 0 Å². The minimum Gasteiger partial charge on any atom is -0.448 e. The van der Waals surface area contributed by atoms with E-state index in [9.17, 15) is 53.1 Å². The number of nitrogens with one attached hydrogen (secondary N) is 12. The predicted octanol–water partition coefficient (Wildman–Crippen LogP) is 0.870. The molecule has 31 heteroatoms. The number of nitrogens with zero attached hydrogens (tertiary/aromatic N) is 1. The molecule has 2 heterocycles. The fourth-order valence-corrected chi connectivity index (χ4v) is 14.8. The summed E-state index contributed by atoms with van der Waals surface area (Å²) < 4.78 is 16.1. The number of hydrogen-bond acceptors (Lipinski definition) is 18. The summed E-state index contributed by atoms with van der Waals surface area (Å²) in [5.41, 5.74) is -1.49. The zero-order chi connectivity index (χ0) is 74.1. The Hall–Kier alpha value is -9.20. The lowest BCUT2D eigenvalue weighted by atomic mass is 10.00. The monoisotopic (exact) mass is 1410 g/mol. The van der Waals surface area contributed by atoms with Gasteiger partial charge in [0.1, 0.15) is 65.8 Å². The van der Waals surface area contributed by atoms with Crippen LogP contribution in [-0.4, -0.2) is 188 Å². The molecule has 9 atom stereocenters. The molecule has 2 radical (unpaired) electrons. The SMILES string of the molecule is [B]NCC[C@@H]1NC(=O)[C@@H](NC(=O)[C@@H](CCC(C)(C)[Si](O)(c2ccccc2)c2ccccc2)NC(=O)c2coc(C)n2)CCNC(=O)[C@H]([C@@H](C)O)NC(=O)[C@H](CCNC(=O)OC(C)(C)C)NC(=O)[C@H](CCNC(=O)OC(C)(C)C)NC(=O)[C@H](CC(C)C)NC(=O)[C@@H](Cc2ccccc2)NC1=O. The van der Waals surface area contributed by atoms with Gasteiger partial charge in [0.05, 0.1) is 6.10 Å². The number of benzene rings is 3. The molecule has 544 valence electrons. The molecule has 0 spiro atoms. The van der Waals surface area contributed by atoms with E-state index in [1.165, 1.54) is 13.8 Å². The van der Waals surface area contributed by atoms with Gasteiger partial charge >= 0.3 is 12.2 Å². The number of alkyl carbamates (subject to hydrolysis) is 2. The Labute approximate surface area is 586 Å². The minimum absolute atomic E-state index is 0.0420. The van der Waals surface area contributed by atoms with Crippen molar-refractivity contribution in [2.45, 2.75) is 205 Å². The molecule has 1 aliphatic heterocycles. The quantitative estimate of drug-likeness (QED) is 0.0433. The van der Waals surface area contributed by atoms with Crippen LogP contribution in [0.15, 0.2) is 102 Å². The lowest BCUT2D eigenvalue weighted by Gasteiger charge is -2.42. The van der Waals surface area contributed by atoms with E-state index in [0.29, 0.717) is 15.9 Å². The van der Waals surface area contributed by atoms with Gasteiger partial charge in [-0.3, -0.25) is 43.2 Å². The van der Waals surface area contributed by atoms with Crippen molar-refractivity contribution in [2.75, 3.05) is 26.2 Å². The Morgan fingerprint density at radius 1 is 0.630 bits per heavy atom. The third kappa shape index (κ3) is 25.8. The Kier molecular flexibility index (Phi) is 30.8. The Bertz CT molecular complexity index is 3370. The summed E-state index contributed by atoms with van der Waals surface area (Å²) in [6.45, 7) is 18.5. The van der Waals surface area contributed by atoms with Crippen LogP contribution in [0.4, 0.5) is 9.59 Å². The first kappa shape index (κ1) is 81.5. The average molecular weight is 1410 g/mol. The fraction of sp³-hybridized carbons (Fsp3) is 0.536. The number of aromatic nitrogens is 1. The summed E-state index contributed by atoms with van der Waals surface area (Å²) >= 11 is 0. The van der Waals surface area contributed by atoms with Crippen molar-refractivity contribution >= 4 is 92.0 Å². The number of ether oxygens (including phenoxy) is 2. The molecule has 0 saturated carbocycles. The highest BCUT2D eigenvalue weighted by molar-refractivity contribution is 6.98. The third-order valence-electron chi connectivity index (χ3n) is 16.3. The molecular formula is C69H100BN13O16Si. The standard InChI is InChI=1S/C69H100BN13O16Si/c1-41(2)38-52-61(90)80-49(30-35-72-65(94)98-67(5,6)7)58(87)78-50(31-36-73-66(95)99-68(8,9)10)60(89)83-55(42(3)84)64(93)71-34-29-48(57(86)79-51(32-37-74-70)59(88)82-53(62(91)81-52)39-44-22-16-13-17-23-44)77-56(85)47(76-63(92)54-40-97-43(4)75-54)28-33-69(11,12)100(96,45-24-18-14-19-25-45)46-26-20-15-21-27-46/h13-27,40-42,47-53,55,74,84,96H,28-39H2,1-12H3,(H,71,93)(H,72,94)(H,73,95)(H,76,92)(H,77,85)(H,78,87)(H,79,86)(H,80,90)(H,81,91)(H,82,88)(H,83,89)/t42-,47-,48+,49+,50+,51+,52+,53-,55+/m1/s1. The zero-order valence-electron chi connectivity index (χ0n) is 59.1. The third-order valence-corrected chi connectivity index (χ3v) is 20.8. The summed E-state index contributed by atoms with van der Waals surface area (Å²) in [6, 6.07) is 14.1.